The lowest BCUT2D eigenvalue weighted by Crippen LogP contribution is -2.06. The molecular formula is C21H21FN2O6. The first-order chi connectivity index (χ1) is 14.6. The molecule has 0 unspecified atom stereocenters. The van der Waals surface area contributed by atoms with Gasteiger partial charge in [-0.15, -0.1) is 0 Å². The maximum atomic E-state index is 12.9. The van der Waals surface area contributed by atoms with Crippen molar-refractivity contribution in [2.24, 2.45) is 0 Å². The van der Waals surface area contributed by atoms with Crippen molar-refractivity contribution in [1.82, 2.24) is 10.1 Å². The second kappa shape index (κ2) is 10.2. The minimum Gasteiger partial charge on any atom is -0.497 e. The maximum absolute atomic E-state index is 12.9. The van der Waals surface area contributed by atoms with E-state index in [-0.39, 0.29) is 37.2 Å². The van der Waals surface area contributed by atoms with Crippen molar-refractivity contribution >= 4 is 5.97 Å². The van der Waals surface area contributed by atoms with Crippen LogP contribution in [0, 0.1) is 5.82 Å². The molecule has 0 amide bonds. The van der Waals surface area contributed by atoms with Gasteiger partial charge in [-0.1, -0.05) is 5.16 Å². The van der Waals surface area contributed by atoms with E-state index in [1.165, 1.54) is 24.3 Å². The number of benzene rings is 2. The average molecular weight is 416 g/mol. The molecule has 0 atom stereocenters. The largest absolute Gasteiger partial charge is 0.497 e. The number of methoxy groups -OCH3 is 2. The Morgan fingerprint density at radius 3 is 2.37 bits per heavy atom. The van der Waals surface area contributed by atoms with Gasteiger partial charge >= 0.3 is 5.97 Å². The molecule has 0 spiro atoms. The Balaban J connectivity index is 1.43. The van der Waals surface area contributed by atoms with Gasteiger partial charge in [0.1, 0.15) is 23.1 Å². The molecule has 0 radical (unpaired) electrons. The molecule has 8 nitrogen and oxygen atoms in total. The summed E-state index contributed by atoms with van der Waals surface area (Å²) in [4.78, 5) is 16.1. The summed E-state index contributed by atoms with van der Waals surface area (Å²) in [6.45, 7) is -0.0927. The van der Waals surface area contributed by atoms with Crippen molar-refractivity contribution in [3.05, 3.63) is 65.6 Å². The lowest BCUT2D eigenvalue weighted by Gasteiger charge is -2.08. The highest BCUT2D eigenvalue weighted by molar-refractivity contribution is 5.69. The molecule has 9 heteroatoms. The number of ether oxygens (including phenoxy) is 4. The Morgan fingerprint density at radius 2 is 1.70 bits per heavy atom. The zero-order chi connectivity index (χ0) is 21.3. The van der Waals surface area contributed by atoms with E-state index < -0.39 is 5.97 Å². The van der Waals surface area contributed by atoms with Crippen molar-refractivity contribution in [2.75, 3.05) is 14.2 Å². The van der Waals surface area contributed by atoms with Gasteiger partial charge in [-0.05, 0) is 48.4 Å². The third-order valence-electron chi connectivity index (χ3n) is 4.08. The van der Waals surface area contributed by atoms with Crippen LogP contribution in [0.15, 0.2) is 47.0 Å². The molecule has 0 N–H and O–H groups in total. The third-order valence-corrected chi connectivity index (χ3v) is 4.08. The molecule has 2 aromatic carbocycles. The molecule has 3 rings (SSSR count). The molecule has 0 aliphatic heterocycles. The number of halogens is 1. The zero-order valence-electron chi connectivity index (χ0n) is 16.6. The van der Waals surface area contributed by atoms with Gasteiger partial charge < -0.3 is 23.5 Å². The maximum Gasteiger partial charge on any atom is 0.306 e. The minimum absolute atomic E-state index is 0.0424. The van der Waals surface area contributed by atoms with Gasteiger partial charge in [0.25, 0.3) is 5.89 Å². The van der Waals surface area contributed by atoms with Crippen LogP contribution < -0.4 is 14.2 Å². The first-order valence-electron chi connectivity index (χ1n) is 9.13. The van der Waals surface area contributed by atoms with E-state index >= 15 is 0 Å². The van der Waals surface area contributed by atoms with Crippen LogP contribution >= 0.6 is 0 Å². The predicted molar refractivity (Wildman–Crippen MR) is 103 cm³/mol. The van der Waals surface area contributed by atoms with E-state index in [0.717, 1.165) is 5.56 Å². The second-order valence-electron chi connectivity index (χ2n) is 6.23. The van der Waals surface area contributed by atoms with E-state index in [2.05, 4.69) is 10.1 Å². The molecule has 158 valence electrons. The number of nitrogens with zero attached hydrogens (tertiary/aromatic N) is 2. The fourth-order valence-corrected chi connectivity index (χ4v) is 2.56. The van der Waals surface area contributed by atoms with Gasteiger partial charge in [0, 0.05) is 12.5 Å². The van der Waals surface area contributed by atoms with Crippen LogP contribution in [-0.2, 0) is 29.2 Å². The quantitative estimate of drug-likeness (QED) is 0.464. The van der Waals surface area contributed by atoms with Crippen molar-refractivity contribution < 1.29 is 32.7 Å². The third kappa shape index (κ3) is 6.20. The first kappa shape index (κ1) is 21.1. The summed E-state index contributed by atoms with van der Waals surface area (Å²) >= 11 is 0. The van der Waals surface area contributed by atoms with Gasteiger partial charge in [0.2, 0.25) is 5.82 Å². The van der Waals surface area contributed by atoms with E-state index in [1.807, 2.05) is 12.1 Å². The normalized spacial score (nSPS) is 10.5. The molecule has 0 aliphatic rings. The molecule has 0 fully saturated rings. The fourth-order valence-electron chi connectivity index (χ4n) is 2.56. The molecule has 3 aromatic rings. The first-order valence-corrected chi connectivity index (χ1v) is 9.13. The number of rotatable bonds is 10. The van der Waals surface area contributed by atoms with Crippen LogP contribution in [0.1, 0.15) is 23.7 Å². The SMILES string of the molecule is COc1cc(CCC(=O)OCc2nc(COc3ccc(F)cc3)no2)cc(OC)c1. The summed E-state index contributed by atoms with van der Waals surface area (Å²) in [6, 6.07) is 11.0. The smallest absolute Gasteiger partial charge is 0.306 e. The van der Waals surface area contributed by atoms with Crippen molar-refractivity contribution in [3.63, 3.8) is 0 Å². The van der Waals surface area contributed by atoms with Gasteiger partial charge in [0.15, 0.2) is 13.2 Å². The van der Waals surface area contributed by atoms with E-state index in [4.69, 9.17) is 23.5 Å². The second-order valence-corrected chi connectivity index (χ2v) is 6.23. The summed E-state index contributed by atoms with van der Waals surface area (Å²) in [6.07, 6.45) is 0.637. The van der Waals surface area contributed by atoms with Crippen molar-refractivity contribution in [3.8, 4) is 17.2 Å². The Bertz CT molecular complexity index is 952. The molecule has 0 saturated carbocycles. The highest BCUT2D eigenvalue weighted by Gasteiger charge is 2.11. The number of carbonyl (C=O) groups is 1. The summed E-state index contributed by atoms with van der Waals surface area (Å²) in [7, 11) is 3.13. The molecule has 30 heavy (non-hydrogen) atoms. The molecular weight excluding hydrogens is 395 g/mol. The Kier molecular flexibility index (Phi) is 7.20. The number of hydrogen-bond acceptors (Lipinski definition) is 8. The Hall–Kier alpha value is -3.62. The molecule has 1 aromatic heterocycles. The lowest BCUT2D eigenvalue weighted by atomic mass is 10.1. The number of carbonyl (C=O) groups excluding carboxylic acids is 1. The van der Waals surface area contributed by atoms with Gasteiger partial charge in [-0.3, -0.25) is 4.79 Å². The van der Waals surface area contributed by atoms with Gasteiger partial charge in [0.05, 0.1) is 14.2 Å². The van der Waals surface area contributed by atoms with Crippen LogP contribution in [0.2, 0.25) is 0 Å². The minimum atomic E-state index is -0.404. The Morgan fingerprint density at radius 1 is 1.00 bits per heavy atom. The topological polar surface area (TPSA) is 92.9 Å². The van der Waals surface area contributed by atoms with Crippen molar-refractivity contribution in [1.29, 1.82) is 0 Å². The standard InChI is InChI=1S/C21H21FN2O6/c1-26-17-9-14(10-18(11-17)27-2)3-8-21(25)29-13-20-23-19(24-30-20)12-28-16-6-4-15(22)5-7-16/h4-7,9-11H,3,8,12-13H2,1-2H3. The van der Waals surface area contributed by atoms with Crippen LogP contribution in [0.4, 0.5) is 4.39 Å². The fraction of sp³-hybridized carbons (Fsp3) is 0.286. The van der Waals surface area contributed by atoms with Crippen LogP contribution in [-0.4, -0.2) is 30.3 Å². The average Bonchev–Trinajstić information content (AvgIpc) is 3.23. The van der Waals surface area contributed by atoms with Crippen LogP contribution in [0.3, 0.4) is 0 Å². The van der Waals surface area contributed by atoms with E-state index in [0.29, 0.717) is 23.7 Å². The zero-order valence-corrected chi connectivity index (χ0v) is 16.6. The molecule has 0 aliphatic carbocycles. The monoisotopic (exact) mass is 416 g/mol. The highest BCUT2D eigenvalue weighted by Crippen LogP contribution is 2.23. The van der Waals surface area contributed by atoms with Crippen molar-refractivity contribution in [2.45, 2.75) is 26.1 Å². The lowest BCUT2D eigenvalue weighted by molar-refractivity contribution is -0.145. The van der Waals surface area contributed by atoms with Gasteiger partial charge in [-0.25, -0.2) is 4.39 Å². The number of hydrogen-bond donors (Lipinski definition) is 0. The predicted octanol–water partition coefficient (Wildman–Crippen LogP) is 3.48. The summed E-state index contributed by atoms with van der Waals surface area (Å²) in [5, 5.41) is 3.75. The van der Waals surface area contributed by atoms with Crippen LogP contribution in [0.25, 0.3) is 0 Å². The molecule has 0 saturated heterocycles. The number of esters is 1. The van der Waals surface area contributed by atoms with Gasteiger partial charge in [-0.2, -0.15) is 4.98 Å². The highest BCUT2D eigenvalue weighted by atomic mass is 19.1. The summed E-state index contributed by atoms with van der Waals surface area (Å²) < 4.78 is 38.9. The summed E-state index contributed by atoms with van der Waals surface area (Å²) in [5.74, 6) is 1.47. The Labute approximate surface area is 172 Å². The number of aryl methyl sites for hydroxylation is 1. The summed E-state index contributed by atoms with van der Waals surface area (Å²) in [5.41, 5.74) is 0.890. The number of aromatic nitrogens is 2. The van der Waals surface area contributed by atoms with E-state index in [9.17, 15) is 9.18 Å². The molecule has 1 heterocycles. The van der Waals surface area contributed by atoms with Crippen LogP contribution in [0.5, 0.6) is 17.2 Å². The molecule has 0 bridgehead atoms. The van der Waals surface area contributed by atoms with E-state index in [1.54, 1.807) is 20.3 Å².